The molecule has 0 aromatic heterocycles. The molecule has 2 aromatic rings. The van der Waals surface area contributed by atoms with Gasteiger partial charge in [-0.2, -0.15) is 4.31 Å². The second kappa shape index (κ2) is 10.1. The lowest BCUT2D eigenvalue weighted by molar-refractivity contribution is -0.134. The number of amides is 2. The number of nitrogens with zero attached hydrogens (tertiary/aromatic N) is 4. The van der Waals surface area contributed by atoms with Crippen molar-refractivity contribution in [2.24, 2.45) is 0 Å². The van der Waals surface area contributed by atoms with Gasteiger partial charge in [0.1, 0.15) is 0 Å². The smallest absolute Gasteiger partial charge is 0.409 e. The van der Waals surface area contributed by atoms with Gasteiger partial charge in [-0.1, -0.05) is 30.3 Å². The number of ether oxygens (including phenoxy) is 1. The largest absolute Gasteiger partial charge is 0.450 e. The summed E-state index contributed by atoms with van der Waals surface area (Å²) in [5.41, 5.74) is 0. The molecule has 0 N–H and O–H groups in total. The average molecular weight is 475 g/mol. The summed E-state index contributed by atoms with van der Waals surface area (Å²) in [6.07, 6.45) is -0.313. The molecule has 9 nitrogen and oxygen atoms in total. The molecule has 2 amide bonds. The molecule has 2 heterocycles. The van der Waals surface area contributed by atoms with Crippen LogP contribution in [0, 0.1) is 0 Å². The fourth-order valence-electron chi connectivity index (χ4n) is 4.25. The van der Waals surface area contributed by atoms with Crippen LogP contribution in [0.25, 0.3) is 10.8 Å². The van der Waals surface area contributed by atoms with Crippen molar-refractivity contribution >= 4 is 32.8 Å². The molecule has 33 heavy (non-hydrogen) atoms. The summed E-state index contributed by atoms with van der Waals surface area (Å²) in [5.74, 6) is -0.0117. The predicted octanol–water partition coefficient (Wildman–Crippen LogP) is 1.45. The van der Waals surface area contributed by atoms with Crippen LogP contribution in [0.5, 0.6) is 0 Å². The fraction of sp³-hybridized carbons (Fsp3) is 0.478. The summed E-state index contributed by atoms with van der Waals surface area (Å²) in [6.45, 7) is 5.97. The van der Waals surface area contributed by atoms with E-state index in [0.29, 0.717) is 45.9 Å². The lowest BCUT2D eigenvalue weighted by atomic mass is 10.1. The van der Waals surface area contributed by atoms with E-state index in [1.807, 2.05) is 35.2 Å². The van der Waals surface area contributed by atoms with Crippen molar-refractivity contribution in [3.05, 3.63) is 42.5 Å². The molecule has 2 fully saturated rings. The maximum Gasteiger partial charge on any atom is 0.409 e. The molecule has 2 saturated heterocycles. The molecular formula is C23H30N4O5S. The highest BCUT2D eigenvalue weighted by molar-refractivity contribution is 7.89. The Bertz CT molecular complexity index is 1110. The van der Waals surface area contributed by atoms with Gasteiger partial charge in [0.25, 0.3) is 0 Å². The van der Waals surface area contributed by atoms with Gasteiger partial charge in [0.15, 0.2) is 0 Å². The maximum atomic E-state index is 13.1. The van der Waals surface area contributed by atoms with Crippen LogP contribution in [-0.4, -0.2) is 105 Å². The molecule has 0 atom stereocenters. The van der Waals surface area contributed by atoms with E-state index < -0.39 is 10.0 Å². The number of hydrogen-bond donors (Lipinski definition) is 0. The molecule has 10 heteroatoms. The molecular weight excluding hydrogens is 444 g/mol. The van der Waals surface area contributed by atoms with Crippen molar-refractivity contribution in [2.75, 3.05) is 65.5 Å². The van der Waals surface area contributed by atoms with Crippen LogP contribution >= 0.6 is 0 Å². The molecule has 0 saturated carbocycles. The van der Waals surface area contributed by atoms with Crippen molar-refractivity contribution in [3.63, 3.8) is 0 Å². The van der Waals surface area contributed by atoms with Crippen molar-refractivity contribution in [2.45, 2.75) is 11.8 Å². The molecule has 2 aliphatic heterocycles. The highest BCUT2D eigenvalue weighted by atomic mass is 32.2. The van der Waals surface area contributed by atoms with Crippen LogP contribution in [0.15, 0.2) is 47.4 Å². The first-order valence-corrected chi connectivity index (χ1v) is 12.7. The van der Waals surface area contributed by atoms with Gasteiger partial charge in [-0.15, -0.1) is 0 Å². The SMILES string of the molecule is CCOC(=O)N1CCN(CC(=O)N2CCN(S(=O)(=O)c3ccc4ccccc4c3)CC2)CC1. The van der Waals surface area contributed by atoms with Crippen molar-refractivity contribution < 1.29 is 22.7 Å². The molecule has 178 valence electrons. The van der Waals surface area contributed by atoms with Gasteiger partial charge >= 0.3 is 6.09 Å². The minimum absolute atomic E-state index is 0.0117. The van der Waals surface area contributed by atoms with Crippen molar-refractivity contribution in [3.8, 4) is 0 Å². The Kier molecular flexibility index (Phi) is 7.16. The van der Waals surface area contributed by atoms with Gasteiger partial charge in [0, 0.05) is 52.4 Å². The number of piperazine rings is 2. The first kappa shape index (κ1) is 23.5. The Labute approximate surface area is 194 Å². The quantitative estimate of drug-likeness (QED) is 0.652. The van der Waals surface area contributed by atoms with Gasteiger partial charge in [0.05, 0.1) is 18.0 Å². The Morgan fingerprint density at radius 2 is 1.48 bits per heavy atom. The fourth-order valence-corrected chi connectivity index (χ4v) is 5.71. The number of rotatable bonds is 5. The minimum atomic E-state index is -3.61. The van der Waals surface area contributed by atoms with Gasteiger partial charge in [-0.25, -0.2) is 13.2 Å². The second-order valence-electron chi connectivity index (χ2n) is 8.26. The minimum Gasteiger partial charge on any atom is -0.450 e. The molecule has 0 bridgehead atoms. The van der Waals surface area contributed by atoms with E-state index in [0.717, 1.165) is 10.8 Å². The number of carbonyl (C=O) groups is 2. The van der Waals surface area contributed by atoms with E-state index in [2.05, 4.69) is 0 Å². The number of fused-ring (bicyclic) bond motifs is 1. The molecule has 0 unspecified atom stereocenters. The van der Waals surface area contributed by atoms with E-state index >= 15 is 0 Å². The zero-order chi connectivity index (χ0) is 23.4. The van der Waals surface area contributed by atoms with E-state index in [-0.39, 0.29) is 36.5 Å². The molecule has 4 rings (SSSR count). The van der Waals surface area contributed by atoms with E-state index in [1.54, 1.807) is 28.9 Å². The summed E-state index contributed by atoms with van der Waals surface area (Å²) in [7, 11) is -3.61. The van der Waals surface area contributed by atoms with Crippen LogP contribution in [-0.2, 0) is 19.6 Å². The summed E-state index contributed by atoms with van der Waals surface area (Å²) in [4.78, 5) is 30.3. The van der Waals surface area contributed by atoms with Gasteiger partial charge in [0.2, 0.25) is 15.9 Å². The lowest BCUT2D eigenvalue weighted by Crippen LogP contribution is -2.55. The number of hydrogen-bond acceptors (Lipinski definition) is 6. The summed E-state index contributed by atoms with van der Waals surface area (Å²) >= 11 is 0. The average Bonchev–Trinajstić information content (AvgIpc) is 2.84. The van der Waals surface area contributed by atoms with Gasteiger partial charge in [-0.05, 0) is 29.8 Å². The summed E-state index contributed by atoms with van der Waals surface area (Å²) in [5, 5.41) is 1.88. The predicted molar refractivity (Wildman–Crippen MR) is 124 cm³/mol. The van der Waals surface area contributed by atoms with Gasteiger partial charge < -0.3 is 14.5 Å². The molecule has 0 radical (unpaired) electrons. The standard InChI is InChI=1S/C23H30N4O5S/c1-2-32-23(29)26-11-9-24(10-12-26)18-22(28)25-13-15-27(16-14-25)33(30,31)21-8-7-19-5-3-4-6-20(19)17-21/h3-8,17H,2,9-16,18H2,1H3. The highest BCUT2D eigenvalue weighted by Gasteiger charge is 2.31. The summed E-state index contributed by atoms with van der Waals surface area (Å²) in [6, 6.07) is 12.8. The first-order valence-electron chi connectivity index (χ1n) is 11.3. The van der Waals surface area contributed by atoms with E-state index in [4.69, 9.17) is 4.74 Å². The Morgan fingerprint density at radius 3 is 2.15 bits per heavy atom. The summed E-state index contributed by atoms with van der Waals surface area (Å²) < 4.78 is 32.7. The third-order valence-corrected chi connectivity index (χ3v) is 8.10. The third-order valence-electron chi connectivity index (χ3n) is 6.21. The first-order chi connectivity index (χ1) is 15.9. The van der Waals surface area contributed by atoms with Crippen LogP contribution in [0.3, 0.4) is 0 Å². The maximum absolute atomic E-state index is 13.1. The van der Waals surface area contributed by atoms with Crippen LogP contribution < -0.4 is 0 Å². The third kappa shape index (κ3) is 5.29. The zero-order valence-corrected chi connectivity index (χ0v) is 19.7. The molecule has 0 spiro atoms. The van der Waals surface area contributed by atoms with Crippen molar-refractivity contribution in [1.82, 2.24) is 19.0 Å². The topological polar surface area (TPSA) is 90.5 Å². The van der Waals surface area contributed by atoms with Crippen LogP contribution in [0.1, 0.15) is 6.92 Å². The van der Waals surface area contributed by atoms with Crippen LogP contribution in [0.4, 0.5) is 4.79 Å². The zero-order valence-electron chi connectivity index (χ0n) is 18.9. The monoisotopic (exact) mass is 474 g/mol. The van der Waals surface area contributed by atoms with Crippen LogP contribution in [0.2, 0.25) is 0 Å². The molecule has 2 aromatic carbocycles. The number of carbonyl (C=O) groups excluding carboxylic acids is 2. The Hall–Kier alpha value is -2.69. The Balaban J connectivity index is 1.29. The normalized spacial score (nSPS) is 18.5. The van der Waals surface area contributed by atoms with Crippen molar-refractivity contribution in [1.29, 1.82) is 0 Å². The van der Waals surface area contributed by atoms with Gasteiger partial charge in [-0.3, -0.25) is 9.69 Å². The lowest BCUT2D eigenvalue weighted by Gasteiger charge is -2.37. The highest BCUT2D eigenvalue weighted by Crippen LogP contribution is 2.23. The molecule has 0 aliphatic carbocycles. The second-order valence-corrected chi connectivity index (χ2v) is 10.2. The van der Waals surface area contributed by atoms with E-state index in [1.165, 1.54) is 4.31 Å². The number of benzene rings is 2. The Morgan fingerprint density at radius 1 is 0.848 bits per heavy atom. The molecule has 2 aliphatic rings. The number of sulfonamides is 1. The van der Waals surface area contributed by atoms with E-state index in [9.17, 15) is 18.0 Å².